The first-order valence-electron chi connectivity index (χ1n) is 10.8. The van der Waals surface area contributed by atoms with Gasteiger partial charge in [-0.05, 0) is 51.1 Å². The Kier molecular flexibility index (Phi) is 6.41. The van der Waals surface area contributed by atoms with Gasteiger partial charge in [0.1, 0.15) is 10.6 Å². The molecule has 4 rings (SSSR count). The Hall–Kier alpha value is -2.62. The van der Waals surface area contributed by atoms with Gasteiger partial charge < -0.3 is 13.8 Å². The summed E-state index contributed by atoms with van der Waals surface area (Å²) >= 11 is 0. The van der Waals surface area contributed by atoms with Crippen molar-refractivity contribution in [3.8, 4) is 17.1 Å². The van der Waals surface area contributed by atoms with E-state index in [9.17, 15) is 8.42 Å². The Morgan fingerprint density at radius 3 is 2.25 bits per heavy atom. The Labute approximate surface area is 189 Å². The molecule has 1 fully saturated rings. The minimum Gasteiger partial charge on any atom is -0.495 e. The highest BCUT2D eigenvalue weighted by Crippen LogP contribution is 2.32. The molecule has 32 heavy (non-hydrogen) atoms. The van der Waals surface area contributed by atoms with Crippen molar-refractivity contribution in [2.24, 2.45) is 0 Å². The van der Waals surface area contributed by atoms with Gasteiger partial charge in [-0.2, -0.15) is 4.31 Å². The molecule has 0 atom stereocenters. The fourth-order valence-electron chi connectivity index (χ4n) is 4.16. The molecule has 2 aromatic heterocycles. The highest BCUT2D eigenvalue weighted by molar-refractivity contribution is 7.89. The lowest BCUT2D eigenvalue weighted by Gasteiger charge is -2.34. The molecule has 1 saturated heterocycles. The van der Waals surface area contributed by atoms with Gasteiger partial charge in [-0.15, -0.1) is 0 Å². The van der Waals surface area contributed by atoms with E-state index in [1.54, 1.807) is 28.6 Å². The molecule has 0 N–H and O–H groups in total. The first-order valence-corrected chi connectivity index (χ1v) is 12.2. The highest BCUT2D eigenvalue weighted by Gasteiger charge is 2.31. The molecule has 0 spiro atoms. The van der Waals surface area contributed by atoms with Crippen LogP contribution in [0, 0.1) is 20.8 Å². The van der Waals surface area contributed by atoms with Crippen LogP contribution in [0.3, 0.4) is 0 Å². The summed E-state index contributed by atoms with van der Waals surface area (Å²) < 4.78 is 41.5. The number of benzene rings is 1. The molecule has 172 valence electrons. The Morgan fingerprint density at radius 2 is 1.66 bits per heavy atom. The van der Waals surface area contributed by atoms with Crippen LogP contribution in [0.1, 0.15) is 17.1 Å². The van der Waals surface area contributed by atoms with Gasteiger partial charge in [0.25, 0.3) is 0 Å². The van der Waals surface area contributed by atoms with Crippen LogP contribution < -0.4 is 4.74 Å². The van der Waals surface area contributed by atoms with Gasteiger partial charge in [0.2, 0.25) is 10.0 Å². The molecular weight excluding hydrogens is 428 g/mol. The van der Waals surface area contributed by atoms with E-state index in [2.05, 4.69) is 40.6 Å². The van der Waals surface area contributed by atoms with Gasteiger partial charge in [0.05, 0.1) is 12.8 Å². The summed E-state index contributed by atoms with van der Waals surface area (Å²) in [4.78, 5) is 2.47. The van der Waals surface area contributed by atoms with Gasteiger partial charge in [0.15, 0.2) is 5.76 Å². The minimum absolute atomic E-state index is 0.151. The van der Waals surface area contributed by atoms with Crippen molar-refractivity contribution in [3.05, 3.63) is 53.5 Å². The second-order valence-electron chi connectivity index (χ2n) is 8.21. The second-order valence-corrected chi connectivity index (χ2v) is 10.1. The zero-order chi connectivity index (χ0) is 22.9. The molecule has 0 amide bonds. The van der Waals surface area contributed by atoms with Crippen LogP contribution in [0.15, 0.2) is 45.8 Å². The quantitative estimate of drug-likeness (QED) is 0.541. The fourth-order valence-corrected chi connectivity index (χ4v) is 5.76. The zero-order valence-corrected chi connectivity index (χ0v) is 19.9. The molecular formula is C23H30N4O4S. The number of sulfonamides is 1. The van der Waals surface area contributed by atoms with Crippen molar-refractivity contribution < 1.29 is 17.7 Å². The first-order chi connectivity index (χ1) is 15.3. The summed E-state index contributed by atoms with van der Waals surface area (Å²) in [6.07, 6.45) is 0. The number of ether oxygens (including phenoxy) is 1. The van der Waals surface area contributed by atoms with Gasteiger partial charge in [-0.3, -0.25) is 4.90 Å². The van der Waals surface area contributed by atoms with E-state index in [1.807, 2.05) is 6.92 Å². The average molecular weight is 459 g/mol. The highest BCUT2D eigenvalue weighted by atomic mass is 32.2. The van der Waals surface area contributed by atoms with Crippen LogP contribution in [-0.4, -0.2) is 67.2 Å². The van der Waals surface area contributed by atoms with Crippen LogP contribution in [0.4, 0.5) is 0 Å². The van der Waals surface area contributed by atoms with E-state index in [4.69, 9.17) is 9.26 Å². The zero-order valence-electron chi connectivity index (χ0n) is 19.0. The lowest BCUT2D eigenvalue weighted by atomic mass is 10.1. The van der Waals surface area contributed by atoms with Crippen molar-refractivity contribution >= 4 is 10.0 Å². The maximum absolute atomic E-state index is 13.5. The molecule has 1 aliphatic heterocycles. The summed E-state index contributed by atoms with van der Waals surface area (Å²) in [7, 11) is -2.23. The predicted octanol–water partition coefficient (Wildman–Crippen LogP) is 3.08. The first kappa shape index (κ1) is 22.6. The van der Waals surface area contributed by atoms with Crippen molar-refractivity contribution in [2.45, 2.75) is 32.2 Å². The number of hydrogen-bond acceptors (Lipinski definition) is 6. The van der Waals surface area contributed by atoms with Crippen LogP contribution in [0.2, 0.25) is 0 Å². The number of nitrogens with zero attached hydrogens (tertiary/aromatic N) is 4. The van der Waals surface area contributed by atoms with Crippen molar-refractivity contribution in [2.75, 3.05) is 39.8 Å². The molecule has 0 radical (unpaired) electrons. The Bertz CT molecular complexity index is 1170. The molecule has 1 aromatic carbocycles. The molecule has 3 heterocycles. The van der Waals surface area contributed by atoms with Crippen LogP contribution >= 0.6 is 0 Å². The number of methoxy groups -OCH3 is 1. The van der Waals surface area contributed by atoms with Gasteiger partial charge >= 0.3 is 0 Å². The van der Waals surface area contributed by atoms with Crippen molar-refractivity contribution in [3.63, 3.8) is 0 Å². The van der Waals surface area contributed by atoms with Gasteiger partial charge in [-0.25, -0.2) is 8.42 Å². The number of aryl methyl sites for hydroxylation is 3. The standard InChI is InChI=1S/C23H30N4O4S/c1-17-15-22(31-24-17)20-7-8-21(30-4)23(16-20)32(28,29)26-12-9-25(10-13-26)11-14-27-18(2)5-6-19(27)3/h5-8,15-16H,9-14H2,1-4H3. The number of aromatic nitrogens is 2. The second kappa shape index (κ2) is 9.09. The topological polar surface area (TPSA) is 80.8 Å². The summed E-state index contributed by atoms with van der Waals surface area (Å²) in [5, 5.41) is 3.90. The molecule has 0 bridgehead atoms. The third-order valence-corrected chi connectivity index (χ3v) is 8.00. The monoisotopic (exact) mass is 458 g/mol. The molecule has 9 heteroatoms. The number of rotatable bonds is 7. The molecule has 0 aliphatic carbocycles. The van der Waals surface area contributed by atoms with Gasteiger partial charge in [-0.1, -0.05) is 5.16 Å². The number of piperazine rings is 1. The summed E-state index contributed by atoms with van der Waals surface area (Å²) in [6.45, 7) is 10.1. The molecule has 0 unspecified atom stereocenters. The van der Waals surface area contributed by atoms with Crippen molar-refractivity contribution in [1.82, 2.24) is 18.9 Å². The predicted molar refractivity (Wildman–Crippen MR) is 122 cm³/mol. The summed E-state index contributed by atoms with van der Waals surface area (Å²) in [5.41, 5.74) is 3.89. The maximum Gasteiger partial charge on any atom is 0.246 e. The molecule has 1 aliphatic rings. The lowest BCUT2D eigenvalue weighted by molar-refractivity contribution is 0.182. The van der Waals surface area contributed by atoms with Gasteiger partial charge in [0, 0.05) is 62.3 Å². The van der Waals surface area contributed by atoms with Crippen LogP contribution in [0.25, 0.3) is 11.3 Å². The van der Waals surface area contributed by atoms with Crippen LogP contribution in [-0.2, 0) is 16.6 Å². The lowest BCUT2D eigenvalue weighted by Crippen LogP contribution is -2.49. The van der Waals surface area contributed by atoms with E-state index in [1.165, 1.54) is 18.5 Å². The third-order valence-electron chi connectivity index (χ3n) is 6.08. The summed E-state index contributed by atoms with van der Waals surface area (Å²) in [5.74, 6) is 0.855. The van der Waals surface area contributed by atoms with E-state index < -0.39 is 10.0 Å². The normalized spacial score (nSPS) is 15.9. The third kappa shape index (κ3) is 4.46. The fraction of sp³-hybridized carbons (Fsp3) is 0.435. The molecule has 3 aromatic rings. The Morgan fingerprint density at radius 1 is 0.969 bits per heavy atom. The molecule has 8 nitrogen and oxygen atoms in total. The summed E-state index contributed by atoms with van der Waals surface area (Å²) in [6, 6.07) is 11.1. The molecule has 0 saturated carbocycles. The minimum atomic E-state index is -3.71. The van der Waals surface area contributed by atoms with Crippen molar-refractivity contribution in [1.29, 1.82) is 0 Å². The SMILES string of the molecule is COc1ccc(-c2cc(C)no2)cc1S(=O)(=O)N1CCN(CCn2c(C)ccc2C)CC1. The van der Waals surface area contributed by atoms with E-state index in [-0.39, 0.29) is 4.90 Å². The average Bonchev–Trinajstić information content (AvgIpc) is 3.37. The van der Waals surface area contributed by atoms with E-state index in [0.717, 1.165) is 18.8 Å². The largest absolute Gasteiger partial charge is 0.495 e. The number of hydrogen-bond donors (Lipinski definition) is 0. The van der Waals surface area contributed by atoms with E-state index in [0.29, 0.717) is 43.3 Å². The van der Waals surface area contributed by atoms with E-state index >= 15 is 0 Å². The van der Waals surface area contributed by atoms with Crippen LogP contribution in [0.5, 0.6) is 5.75 Å². The smallest absolute Gasteiger partial charge is 0.246 e. The Balaban J connectivity index is 1.47. The maximum atomic E-state index is 13.5.